The van der Waals surface area contributed by atoms with Crippen LogP contribution in [0.2, 0.25) is 0 Å². The maximum atomic E-state index is 13.8. The first-order valence-electron chi connectivity index (χ1n) is 11.5. The molecule has 3 aromatic carbocycles. The summed E-state index contributed by atoms with van der Waals surface area (Å²) in [5.41, 5.74) is 1.63. The highest BCUT2D eigenvalue weighted by Crippen LogP contribution is 2.44. The van der Waals surface area contributed by atoms with Crippen LogP contribution >= 0.6 is 0 Å². The van der Waals surface area contributed by atoms with Crippen molar-refractivity contribution in [3.8, 4) is 0 Å². The average molecular weight is 461 g/mol. The highest BCUT2D eigenvalue weighted by molar-refractivity contribution is 7.92. The topological polar surface area (TPSA) is 66.5 Å². The van der Waals surface area contributed by atoms with E-state index in [0.717, 1.165) is 12.0 Å². The molecule has 6 heteroatoms. The van der Waals surface area contributed by atoms with Crippen LogP contribution in [0.1, 0.15) is 41.6 Å². The summed E-state index contributed by atoms with van der Waals surface area (Å²) in [7, 11) is -3.89. The second-order valence-electron chi connectivity index (χ2n) is 9.08. The average Bonchev–Trinajstić information content (AvgIpc) is 3.47. The van der Waals surface area contributed by atoms with Crippen LogP contribution in [-0.4, -0.2) is 20.4 Å². The van der Waals surface area contributed by atoms with Crippen molar-refractivity contribution in [2.24, 2.45) is 11.8 Å². The van der Waals surface area contributed by atoms with Gasteiger partial charge in [-0.1, -0.05) is 67.1 Å². The lowest BCUT2D eigenvalue weighted by molar-refractivity contribution is 0.0923. The summed E-state index contributed by atoms with van der Waals surface area (Å²) < 4.78 is 28.9. The van der Waals surface area contributed by atoms with Crippen LogP contribution in [-0.2, 0) is 16.6 Å². The fraction of sp³-hybridized carbons (Fsp3) is 0.296. The third kappa shape index (κ3) is 4.40. The molecule has 0 aromatic heterocycles. The molecule has 33 heavy (non-hydrogen) atoms. The Morgan fingerprint density at radius 2 is 1.52 bits per heavy atom. The summed E-state index contributed by atoms with van der Waals surface area (Å²) in [6, 6.07) is 25.0. The van der Waals surface area contributed by atoms with Crippen LogP contribution in [0.5, 0.6) is 0 Å². The van der Waals surface area contributed by atoms with Crippen molar-refractivity contribution >= 4 is 21.6 Å². The van der Waals surface area contributed by atoms with Gasteiger partial charge in [-0.2, -0.15) is 0 Å². The van der Waals surface area contributed by atoms with E-state index in [1.165, 1.54) is 23.6 Å². The normalized spacial score (nSPS) is 21.6. The van der Waals surface area contributed by atoms with Gasteiger partial charge in [0.1, 0.15) is 0 Å². The summed E-state index contributed by atoms with van der Waals surface area (Å²) >= 11 is 0. The number of hydrogen-bond acceptors (Lipinski definition) is 3. The zero-order valence-electron chi connectivity index (χ0n) is 18.4. The number of fused-ring (bicyclic) bond motifs is 2. The van der Waals surface area contributed by atoms with E-state index in [1.807, 2.05) is 30.3 Å². The van der Waals surface area contributed by atoms with E-state index in [2.05, 4.69) is 5.32 Å². The van der Waals surface area contributed by atoms with E-state index >= 15 is 0 Å². The van der Waals surface area contributed by atoms with Crippen LogP contribution in [0.4, 0.5) is 5.69 Å². The van der Waals surface area contributed by atoms with E-state index in [4.69, 9.17) is 0 Å². The number of hydrogen-bond donors (Lipinski definition) is 1. The molecule has 5 nitrogen and oxygen atoms in total. The number of nitrogens with one attached hydrogen (secondary N) is 1. The molecule has 2 bridgehead atoms. The maximum Gasteiger partial charge on any atom is 0.264 e. The zero-order chi connectivity index (χ0) is 22.8. The second kappa shape index (κ2) is 9.02. The van der Waals surface area contributed by atoms with Crippen molar-refractivity contribution in [1.82, 2.24) is 5.32 Å². The smallest absolute Gasteiger partial charge is 0.264 e. The van der Waals surface area contributed by atoms with E-state index in [0.29, 0.717) is 23.1 Å². The van der Waals surface area contributed by atoms with Gasteiger partial charge in [-0.25, -0.2) is 8.42 Å². The summed E-state index contributed by atoms with van der Waals surface area (Å²) in [5, 5.41) is 3.22. The molecule has 3 aromatic rings. The molecule has 2 fully saturated rings. The highest BCUT2D eigenvalue weighted by Gasteiger charge is 2.40. The molecular formula is C27H28N2O3S. The molecule has 0 saturated heterocycles. The van der Waals surface area contributed by atoms with E-state index < -0.39 is 10.0 Å². The van der Waals surface area contributed by atoms with Crippen molar-refractivity contribution in [3.05, 3.63) is 96.1 Å². The van der Waals surface area contributed by atoms with Gasteiger partial charge in [0.2, 0.25) is 0 Å². The van der Waals surface area contributed by atoms with Crippen LogP contribution in [0.25, 0.3) is 0 Å². The van der Waals surface area contributed by atoms with Crippen LogP contribution in [0, 0.1) is 11.8 Å². The monoisotopic (exact) mass is 460 g/mol. The number of amides is 1. The maximum absolute atomic E-state index is 13.8. The van der Waals surface area contributed by atoms with E-state index in [1.54, 1.807) is 54.6 Å². The SMILES string of the molecule is O=C(NC1CC2CCC1C2)c1ccccc1N(Cc1ccccc1)S(=O)(=O)c1ccccc1. The van der Waals surface area contributed by atoms with Gasteiger partial charge >= 0.3 is 0 Å². The molecule has 1 amide bonds. The summed E-state index contributed by atoms with van der Waals surface area (Å²) in [6.07, 6.45) is 4.64. The van der Waals surface area contributed by atoms with Gasteiger partial charge in [-0.3, -0.25) is 9.10 Å². The standard InChI is InChI=1S/C27H28N2O3S/c30-27(28-25-18-21-15-16-22(25)17-21)24-13-7-8-14-26(24)29(19-20-9-3-1-4-10-20)33(31,32)23-11-5-2-6-12-23/h1-14,21-22,25H,15-19H2,(H,28,30). The largest absolute Gasteiger partial charge is 0.349 e. The molecule has 0 heterocycles. The first kappa shape index (κ1) is 21.7. The van der Waals surface area contributed by atoms with Gasteiger partial charge in [-0.15, -0.1) is 0 Å². The Bertz CT molecular complexity index is 1230. The van der Waals surface area contributed by atoms with Crippen molar-refractivity contribution < 1.29 is 13.2 Å². The summed E-state index contributed by atoms with van der Waals surface area (Å²) in [6.45, 7) is 0.135. The quantitative estimate of drug-likeness (QED) is 0.540. The van der Waals surface area contributed by atoms with Crippen molar-refractivity contribution in [2.75, 3.05) is 4.31 Å². The Balaban J connectivity index is 1.52. The predicted molar refractivity (Wildman–Crippen MR) is 129 cm³/mol. The molecule has 2 aliphatic carbocycles. The molecule has 2 saturated carbocycles. The number of nitrogens with zero attached hydrogens (tertiary/aromatic N) is 1. The minimum absolute atomic E-state index is 0.135. The van der Waals surface area contributed by atoms with Gasteiger partial charge in [0.05, 0.1) is 22.7 Å². The lowest BCUT2D eigenvalue weighted by Gasteiger charge is -2.28. The fourth-order valence-electron chi connectivity index (χ4n) is 5.32. The molecule has 1 N–H and O–H groups in total. The van der Waals surface area contributed by atoms with Crippen LogP contribution < -0.4 is 9.62 Å². The lowest BCUT2D eigenvalue weighted by Crippen LogP contribution is -2.40. The Morgan fingerprint density at radius 3 is 2.18 bits per heavy atom. The van der Waals surface area contributed by atoms with Crippen LogP contribution in [0.15, 0.2) is 89.8 Å². The number of rotatable bonds is 7. The first-order chi connectivity index (χ1) is 16.0. The van der Waals surface area contributed by atoms with Gasteiger partial charge in [0.25, 0.3) is 15.9 Å². The minimum Gasteiger partial charge on any atom is -0.349 e. The minimum atomic E-state index is -3.89. The van der Waals surface area contributed by atoms with E-state index in [9.17, 15) is 13.2 Å². The van der Waals surface area contributed by atoms with Gasteiger partial charge in [0, 0.05) is 6.04 Å². The fourth-order valence-corrected chi connectivity index (χ4v) is 6.81. The molecular weight excluding hydrogens is 432 g/mol. The third-order valence-electron chi connectivity index (χ3n) is 6.97. The van der Waals surface area contributed by atoms with Gasteiger partial charge in [0.15, 0.2) is 0 Å². The third-order valence-corrected chi connectivity index (χ3v) is 8.75. The molecule has 170 valence electrons. The predicted octanol–water partition coefficient (Wildman–Crippen LogP) is 5.00. The van der Waals surface area contributed by atoms with Crippen molar-refractivity contribution in [3.63, 3.8) is 0 Å². The number of sulfonamides is 1. The number of carbonyl (C=O) groups excluding carboxylic acids is 1. The Labute approximate surface area is 195 Å². The Kier molecular flexibility index (Phi) is 5.94. The molecule has 3 atom stereocenters. The highest BCUT2D eigenvalue weighted by atomic mass is 32.2. The Hall–Kier alpha value is -3.12. The lowest BCUT2D eigenvalue weighted by atomic mass is 9.95. The molecule has 0 radical (unpaired) electrons. The number of carbonyl (C=O) groups is 1. The second-order valence-corrected chi connectivity index (χ2v) is 10.9. The zero-order valence-corrected chi connectivity index (χ0v) is 19.2. The van der Waals surface area contributed by atoms with Gasteiger partial charge < -0.3 is 5.32 Å². The molecule has 3 unspecified atom stereocenters. The first-order valence-corrected chi connectivity index (χ1v) is 13.0. The summed E-state index contributed by atoms with van der Waals surface area (Å²) in [5.74, 6) is 1.05. The number of benzene rings is 3. The van der Waals surface area contributed by atoms with Crippen molar-refractivity contribution in [2.45, 2.75) is 43.2 Å². The summed E-state index contributed by atoms with van der Waals surface area (Å²) in [4.78, 5) is 13.6. The molecule has 5 rings (SSSR count). The molecule has 2 aliphatic rings. The Morgan fingerprint density at radius 1 is 0.848 bits per heavy atom. The van der Waals surface area contributed by atoms with Gasteiger partial charge in [-0.05, 0) is 60.9 Å². The van der Waals surface area contributed by atoms with Crippen molar-refractivity contribution in [1.29, 1.82) is 0 Å². The molecule has 0 spiro atoms. The van der Waals surface area contributed by atoms with Crippen LogP contribution in [0.3, 0.4) is 0 Å². The number of anilines is 1. The number of para-hydroxylation sites is 1. The molecule has 0 aliphatic heterocycles. The van der Waals surface area contributed by atoms with E-state index in [-0.39, 0.29) is 23.4 Å².